The zero-order valence-electron chi connectivity index (χ0n) is 18.4. The molecule has 2 amide bonds. The second-order valence-corrected chi connectivity index (χ2v) is 8.56. The van der Waals surface area contributed by atoms with Gasteiger partial charge in [-0.15, -0.1) is 11.3 Å². The molecule has 2 aromatic heterocycles. The van der Waals surface area contributed by atoms with E-state index in [0.717, 1.165) is 30.5 Å². The molecule has 0 saturated carbocycles. The van der Waals surface area contributed by atoms with Crippen molar-refractivity contribution in [2.45, 2.75) is 38.1 Å². The Morgan fingerprint density at radius 3 is 2.88 bits per heavy atom. The van der Waals surface area contributed by atoms with Gasteiger partial charge >= 0.3 is 0 Å². The van der Waals surface area contributed by atoms with Crippen LogP contribution in [0, 0.1) is 0 Å². The van der Waals surface area contributed by atoms with E-state index in [1.807, 2.05) is 18.2 Å². The Hall–Kier alpha value is -3.40. The molecule has 0 spiro atoms. The molecule has 0 unspecified atom stereocenters. The summed E-state index contributed by atoms with van der Waals surface area (Å²) in [6.45, 7) is 1.02. The molecule has 3 N–H and O–H groups in total. The first kappa shape index (κ1) is 22.8. The van der Waals surface area contributed by atoms with Crippen molar-refractivity contribution in [1.29, 1.82) is 0 Å². The van der Waals surface area contributed by atoms with Gasteiger partial charge in [-0.1, -0.05) is 18.9 Å². The number of para-hydroxylation sites is 1. The SMILES string of the molecule is CNC(=O)CCCCC[C@H](NC(=O)c1cncs1)c1ncc(-c2cccc3c2OCCO3)[nH]1. The quantitative estimate of drug-likeness (QED) is 0.391. The summed E-state index contributed by atoms with van der Waals surface area (Å²) in [7, 11) is 1.64. The Labute approximate surface area is 195 Å². The normalized spacial score (nSPS) is 13.4. The number of aromatic nitrogens is 3. The minimum Gasteiger partial charge on any atom is -0.486 e. The van der Waals surface area contributed by atoms with Crippen LogP contribution in [0.2, 0.25) is 0 Å². The number of unbranched alkanes of at least 4 members (excludes halogenated alkanes) is 2. The molecule has 0 bridgehead atoms. The molecule has 1 aliphatic heterocycles. The summed E-state index contributed by atoms with van der Waals surface area (Å²) in [5.41, 5.74) is 3.29. The molecule has 1 aliphatic rings. The first-order valence-electron chi connectivity index (χ1n) is 11.0. The number of carbonyl (C=O) groups is 2. The largest absolute Gasteiger partial charge is 0.486 e. The summed E-state index contributed by atoms with van der Waals surface area (Å²) in [4.78, 5) is 36.6. The van der Waals surface area contributed by atoms with Crippen LogP contribution in [0.1, 0.15) is 53.6 Å². The topological polar surface area (TPSA) is 118 Å². The minimum atomic E-state index is -0.301. The average Bonchev–Trinajstić information content (AvgIpc) is 3.55. The molecule has 174 valence electrons. The van der Waals surface area contributed by atoms with Gasteiger partial charge in [0, 0.05) is 19.0 Å². The molecule has 0 aliphatic carbocycles. The molecule has 33 heavy (non-hydrogen) atoms. The maximum absolute atomic E-state index is 12.7. The van der Waals surface area contributed by atoms with Gasteiger partial charge in [-0.3, -0.25) is 14.6 Å². The number of thiazole rings is 1. The van der Waals surface area contributed by atoms with Crippen LogP contribution in [0.5, 0.6) is 11.5 Å². The van der Waals surface area contributed by atoms with E-state index in [4.69, 9.17) is 9.47 Å². The second-order valence-electron chi connectivity index (χ2n) is 7.68. The Balaban J connectivity index is 1.49. The Morgan fingerprint density at radius 1 is 1.18 bits per heavy atom. The van der Waals surface area contributed by atoms with Crippen molar-refractivity contribution >= 4 is 23.2 Å². The van der Waals surface area contributed by atoms with E-state index in [-0.39, 0.29) is 17.9 Å². The smallest absolute Gasteiger partial charge is 0.263 e. The fraction of sp³-hybridized carbons (Fsp3) is 0.391. The molecular formula is C23H27N5O4S. The van der Waals surface area contributed by atoms with Crippen LogP contribution in [-0.2, 0) is 4.79 Å². The minimum absolute atomic E-state index is 0.0399. The predicted molar refractivity (Wildman–Crippen MR) is 124 cm³/mol. The lowest BCUT2D eigenvalue weighted by molar-refractivity contribution is -0.120. The van der Waals surface area contributed by atoms with Gasteiger partial charge < -0.3 is 25.1 Å². The molecule has 0 fully saturated rings. The summed E-state index contributed by atoms with van der Waals surface area (Å²) in [5.74, 6) is 1.93. The van der Waals surface area contributed by atoms with Gasteiger partial charge in [-0.05, 0) is 25.0 Å². The maximum Gasteiger partial charge on any atom is 0.263 e. The maximum atomic E-state index is 12.7. The van der Waals surface area contributed by atoms with E-state index in [2.05, 4.69) is 25.6 Å². The molecule has 9 nitrogen and oxygen atoms in total. The number of nitrogens with zero attached hydrogens (tertiary/aromatic N) is 2. The predicted octanol–water partition coefficient (Wildman–Crippen LogP) is 3.47. The highest BCUT2D eigenvalue weighted by Gasteiger charge is 2.22. The number of carbonyl (C=O) groups excluding carboxylic acids is 2. The van der Waals surface area contributed by atoms with E-state index in [1.165, 1.54) is 11.3 Å². The van der Waals surface area contributed by atoms with Crippen molar-refractivity contribution in [3.05, 3.63) is 46.8 Å². The standard InChI is InChI=1S/C23H27N5O4S/c1-24-20(29)9-4-2-3-7-16(28-23(30)19-13-25-14-33-19)22-26-12-17(27-22)15-6-5-8-18-21(15)32-11-10-31-18/h5-6,8,12-14,16H,2-4,7,9-11H2,1H3,(H,24,29)(H,26,27)(H,28,30)/t16-/m0/s1. The summed E-state index contributed by atoms with van der Waals surface area (Å²) in [6.07, 6.45) is 7.02. The molecule has 3 heterocycles. The highest BCUT2D eigenvalue weighted by molar-refractivity contribution is 7.11. The van der Waals surface area contributed by atoms with Crippen molar-refractivity contribution < 1.29 is 19.1 Å². The van der Waals surface area contributed by atoms with Gasteiger partial charge in [0.05, 0.1) is 29.6 Å². The van der Waals surface area contributed by atoms with E-state index in [1.54, 1.807) is 25.0 Å². The van der Waals surface area contributed by atoms with Crippen LogP contribution < -0.4 is 20.1 Å². The van der Waals surface area contributed by atoms with E-state index in [9.17, 15) is 9.59 Å². The number of rotatable bonds is 10. The van der Waals surface area contributed by atoms with Gasteiger partial charge in [-0.2, -0.15) is 0 Å². The fourth-order valence-electron chi connectivity index (χ4n) is 3.71. The van der Waals surface area contributed by atoms with Crippen molar-refractivity contribution in [3.8, 4) is 22.8 Å². The van der Waals surface area contributed by atoms with Gasteiger partial charge in [0.15, 0.2) is 11.5 Å². The number of amides is 2. The number of hydrogen-bond acceptors (Lipinski definition) is 7. The monoisotopic (exact) mass is 469 g/mol. The lowest BCUT2D eigenvalue weighted by atomic mass is 10.1. The van der Waals surface area contributed by atoms with Crippen LogP contribution in [0.4, 0.5) is 0 Å². The van der Waals surface area contributed by atoms with Crippen molar-refractivity contribution in [2.24, 2.45) is 0 Å². The van der Waals surface area contributed by atoms with Crippen LogP contribution in [0.15, 0.2) is 36.1 Å². The van der Waals surface area contributed by atoms with Gasteiger partial charge in [0.2, 0.25) is 5.91 Å². The molecule has 10 heteroatoms. The second kappa shape index (κ2) is 11.0. The number of aromatic amines is 1. The molecule has 1 atom stereocenters. The Kier molecular flexibility index (Phi) is 7.56. The Morgan fingerprint density at radius 2 is 2.06 bits per heavy atom. The number of fused-ring (bicyclic) bond motifs is 1. The van der Waals surface area contributed by atoms with Crippen LogP contribution in [-0.4, -0.2) is 47.0 Å². The molecule has 4 rings (SSSR count). The first-order valence-corrected chi connectivity index (χ1v) is 11.9. The molecule has 3 aromatic rings. The van der Waals surface area contributed by atoms with Crippen LogP contribution >= 0.6 is 11.3 Å². The number of ether oxygens (including phenoxy) is 2. The van der Waals surface area contributed by atoms with Crippen LogP contribution in [0.25, 0.3) is 11.3 Å². The number of nitrogens with one attached hydrogen (secondary N) is 3. The summed E-state index contributed by atoms with van der Waals surface area (Å²) < 4.78 is 11.5. The molecule has 1 aromatic carbocycles. The van der Waals surface area contributed by atoms with Crippen molar-refractivity contribution in [3.63, 3.8) is 0 Å². The van der Waals surface area contributed by atoms with Gasteiger partial charge in [0.25, 0.3) is 5.91 Å². The highest BCUT2D eigenvalue weighted by Crippen LogP contribution is 2.39. The van der Waals surface area contributed by atoms with Crippen molar-refractivity contribution in [2.75, 3.05) is 20.3 Å². The molecular weight excluding hydrogens is 442 g/mol. The van der Waals surface area contributed by atoms with E-state index in [0.29, 0.717) is 48.3 Å². The average molecular weight is 470 g/mol. The third-order valence-electron chi connectivity index (χ3n) is 5.42. The highest BCUT2D eigenvalue weighted by atomic mass is 32.1. The third-order valence-corrected chi connectivity index (χ3v) is 6.19. The third kappa shape index (κ3) is 5.70. The number of imidazole rings is 1. The zero-order valence-corrected chi connectivity index (χ0v) is 19.2. The summed E-state index contributed by atoms with van der Waals surface area (Å²) >= 11 is 1.29. The lowest BCUT2D eigenvalue weighted by Crippen LogP contribution is -2.28. The van der Waals surface area contributed by atoms with Crippen LogP contribution in [0.3, 0.4) is 0 Å². The zero-order chi connectivity index (χ0) is 23.0. The summed E-state index contributed by atoms with van der Waals surface area (Å²) in [5, 5.41) is 5.71. The number of hydrogen-bond donors (Lipinski definition) is 3. The number of H-pyrrole nitrogens is 1. The Bertz CT molecular complexity index is 1080. The van der Waals surface area contributed by atoms with E-state index >= 15 is 0 Å². The van der Waals surface area contributed by atoms with Crippen molar-refractivity contribution in [1.82, 2.24) is 25.6 Å². The number of benzene rings is 1. The van der Waals surface area contributed by atoms with Gasteiger partial charge in [-0.25, -0.2) is 4.98 Å². The summed E-state index contributed by atoms with van der Waals surface area (Å²) in [6, 6.07) is 5.45. The first-order chi connectivity index (χ1) is 16.2. The lowest BCUT2D eigenvalue weighted by Gasteiger charge is -2.20. The van der Waals surface area contributed by atoms with E-state index < -0.39 is 0 Å². The van der Waals surface area contributed by atoms with Gasteiger partial charge in [0.1, 0.15) is 23.9 Å². The molecule has 0 radical (unpaired) electrons. The fourth-order valence-corrected chi connectivity index (χ4v) is 4.23. The molecule has 0 saturated heterocycles.